The van der Waals surface area contributed by atoms with Crippen LogP contribution in [0.25, 0.3) is 11.4 Å². The summed E-state index contributed by atoms with van der Waals surface area (Å²) in [5, 5.41) is 7.06. The van der Waals surface area contributed by atoms with Crippen molar-refractivity contribution in [3.05, 3.63) is 65.0 Å². The second-order valence-electron chi connectivity index (χ2n) is 7.78. The lowest BCUT2D eigenvalue weighted by Gasteiger charge is -2.16. The van der Waals surface area contributed by atoms with Gasteiger partial charge in [0.1, 0.15) is 0 Å². The molecule has 1 N–H and O–H groups in total. The summed E-state index contributed by atoms with van der Waals surface area (Å²) in [4.78, 5) is 18.7. The van der Waals surface area contributed by atoms with Crippen LogP contribution in [0.1, 0.15) is 42.3 Å². The fourth-order valence-electron chi connectivity index (χ4n) is 3.18. The molecule has 1 heterocycles. The summed E-state index contributed by atoms with van der Waals surface area (Å²) >= 11 is 0. The number of nitrogens with zero attached hydrogens (tertiary/aromatic N) is 3. The third-order valence-electron chi connectivity index (χ3n) is 4.87. The summed E-state index contributed by atoms with van der Waals surface area (Å²) in [6, 6.07) is 14.1. The molecule has 0 aliphatic carbocycles. The molecule has 0 aliphatic heterocycles. The van der Waals surface area contributed by atoms with E-state index in [9.17, 15) is 4.79 Å². The zero-order chi connectivity index (χ0) is 21.0. The van der Waals surface area contributed by atoms with Crippen molar-refractivity contribution >= 4 is 11.6 Å². The Hall–Kier alpha value is -2.99. The Labute approximate surface area is 171 Å². The van der Waals surface area contributed by atoms with Crippen LogP contribution in [-0.4, -0.2) is 34.5 Å². The van der Waals surface area contributed by atoms with Gasteiger partial charge in [0.15, 0.2) is 0 Å². The number of aromatic nitrogens is 2. The quantitative estimate of drug-likeness (QED) is 0.639. The first-order valence-corrected chi connectivity index (χ1v) is 9.81. The van der Waals surface area contributed by atoms with E-state index < -0.39 is 0 Å². The molecule has 3 aromatic rings. The number of carbonyl (C=O) groups excluding carboxylic acids is 1. The summed E-state index contributed by atoms with van der Waals surface area (Å²) in [6.07, 6.45) is 0. The van der Waals surface area contributed by atoms with Crippen molar-refractivity contribution in [1.29, 1.82) is 0 Å². The van der Waals surface area contributed by atoms with E-state index in [4.69, 9.17) is 4.52 Å². The molecule has 152 valence electrons. The van der Waals surface area contributed by atoms with Crippen LogP contribution in [0.3, 0.4) is 0 Å². The van der Waals surface area contributed by atoms with E-state index >= 15 is 0 Å². The lowest BCUT2D eigenvalue weighted by Crippen LogP contribution is -2.30. The SMILES string of the molecule is Cc1cccc(C)c1NC(=O)CN(C)Cc1nc(-c2ccc(C(C)C)cc2)no1. The molecule has 1 amide bonds. The first-order chi connectivity index (χ1) is 13.8. The molecule has 6 heteroatoms. The highest BCUT2D eigenvalue weighted by atomic mass is 16.5. The van der Waals surface area contributed by atoms with Gasteiger partial charge in [-0.2, -0.15) is 4.98 Å². The smallest absolute Gasteiger partial charge is 0.241 e. The van der Waals surface area contributed by atoms with Crippen molar-refractivity contribution in [1.82, 2.24) is 15.0 Å². The maximum atomic E-state index is 12.4. The molecule has 0 aliphatic rings. The third kappa shape index (κ3) is 5.29. The van der Waals surface area contributed by atoms with Gasteiger partial charge in [-0.05, 0) is 43.5 Å². The van der Waals surface area contributed by atoms with Gasteiger partial charge in [-0.15, -0.1) is 0 Å². The highest BCUT2D eigenvalue weighted by Gasteiger charge is 2.14. The number of benzene rings is 2. The van der Waals surface area contributed by atoms with Gasteiger partial charge >= 0.3 is 0 Å². The van der Waals surface area contributed by atoms with E-state index in [1.165, 1.54) is 5.56 Å². The summed E-state index contributed by atoms with van der Waals surface area (Å²) in [6.45, 7) is 8.92. The standard InChI is InChI=1S/C23H28N4O2/c1-15(2)18-9-11-19(12-10-18)23-25-21(29-26-23)14-27(5)13-20(28)24-22-16(3)7-6-8-17(22)4/h6-12,15H,13-14H2,1-5H3,(H,24,28). The molecule has 6 nitrogen and oxygen atoms in total. The van der Waals surface area contributed by atoms with E-state index in [1.54, 1.807) is 0 Å². The van der Waals surface area contributed by atoms with Crippen molar-refractivity contribution in [2.24, 2.45) is 0 Å². The molecular weight excluding hydrogens is 364 g/mol. The van der Waals surface area contributed by atoms with Crippen LogP contribution in [0.2, 0.25) is 0 Å². The number of amides is 1. The number of carbonyl (C=O) groups is 1. The second-order valence-corrected chi connectivity index (χ2v) is 7.78. The Bertz CT molecular complexity index is 957. The topological polar surface area (TPSA) is 71.3 Å². The largest absolute Gasteiger partial charge is 0.338 e. The molecule has 2 aromatic carbocycles. The maximum absolute atomic E-state index is 12.4. The molecule has 0 bridgehead atoms. The molecule has 0 fully saturated rings. The van der Waals surface area contributed by atoms with Crippen LogP contribution in [0, 0.1) is 13.8 Å². The molecule has 0 saturated heterocycles. The summed E-state index contributed by atoms with van der Waals surface area (Å²) in [5.74, 6) is 1.45. The lowest BCUT2D eigenvalue weighted by molar-refractivity contribution is -0.117. The highest BCUT2D eigenvalue weighted by Crippen LogP contribution is 2.21. The van der Waals surface area contributed by atoms with E-state index in [0.717, 1.165) is 22.4 Å². The van der Waals surface area contributed by atoms with Gasteiger partial charge in [0.25, 0.3) is 0 Å². The minimum atomic E-state index is -0.0751. The number of hydrogen-bond acceptors (Lipinski definition) is 5. The van der Waals surface area contributed by atoms with Gasteiger partial charge in [-0.3, -0.25) is 9.69 Å². The summed E-state index contributed by atoms with van der Waals surface area (Å²) < 4.78 is 5.37. The Morgan fingerprint density at radius 3 is 2.38 bits per heavy atom. The molecule has 0 saturated carbocycles. The molecule has 1 aromatic heterocycles. The third-order valence-corrected chi connectivity index (χ3v) is 4.87. The monoisotopic (exact) mass is 392 g/mol. The van der Waals surface area contributed by atoms with Gasteiger partial charge < -0.3 is 9.84 Å². The number of para-hydroxylation sites is 1. The van der Waals surface area contributed by atoms with Crippen molar-refractivity contribution in [3.63, 3.8) is 0 Å². The van der Waals surface area contributed by atoms with E-state index in [2.05, 4.69) is 41.4 Å². The zero-order valence-electron chi connectivity index (χ0n) is 17.7. The van der Waals surface area contributed by atoms with Crippen molar-refractivity contribution in [2.45, 2.75) is 40.2 Å². The van der Waals surface area contributed by atoms with Crippen molar-refractivity contribution < 1.29 is 9.32 Å². The Kier molecular flexibility index (Phi) is 6.44. The van der Waals surface area contributed by atoms with Gasteiger partial charge in [0, 0.05) is 11.3 Å². The molecule has 0 radical (unpaired) electrons. The van der Waals surface area contributed by atoms with Gasteiger partial charge in [-0.25, -0.2) is 0 Å². The molecule has 0 spiro atoms. The molecule has 29 heavy (non-hydrogen) atoms. The minimum absolute atomic E-state index is 0.0751. The van der Waals surface area contributed by atoms with E-state index in [0.29, 0.717) is 24.2 Å². The van der Waals surface area contributed by atoms with Crippen LogP contribution in [-0.2, 0) is 11.3 Å². The Morgan fingerprint density at radius 2 is 1.76 bits per heavy atom. The summed E-state index contributed by atoms with van der Waals surface area (Å²) in [5.41, 5.74) is 5.15. The Morgan fingerprint density at radius 1 is 1.10 bits per heavy atom. The number of hydrogen-bond donors (Lipinski definition) is 1. The van der Waals surface area contributed by atoms with Crippen LogP contribution >= 0.6 is 0 Å². The first kappa shape index (κ1) is 20.7. The number of nitrogens with one attached hydrogen (secondary N) is 1. The fraction of sp³-hybridized carbons (Fsp3) is 0.348. The lowest BCUT2D eigenvalue weighted by atomic mass is 10.0. The maximum Gasteiger partial charge on any atom is 0.241 e. The second kappa shape index (κ2) is 9.01. The van der Waals surface area contributed by atoms with Gasteiger partial charge in [-0.1, -0.05) is 61.5 Å². The van der Waals surface area contributed by atoms with Crippen LogP contribution in [0.5, 0.6) is 0 Å². The molecule has 0 atom stereocenters. The van der Waals surface area contributed by atoms with E-state index in [-0.39, 0.29) is 12.5 Å². The van der Waals surface area contributed by atoms with Crippen LogP contribution in [0.15, 0.2) is 47.0 Å². The number of anilines is 1. The summed E-state index contributed by atoms with van der Waals surface area (Å²) in [7, 11) is 1.85. The predicted octanol–water partition coefficient (Wildman–Crippen LogP) is 4.55. The molecular formula is C23H28N4O2. The normalized spacial score (nSPS) is 11.3. The van der Waals surface area contributed by atoms with Gasteiger partial charge in [0.05, 0.1) is 13.1 Å². The van der Waals surface area contributed by atoms with Crippen LogP contribution in [0.4, 0.5) is 5.69 Å². The first-order valence-electron chi connectivity index (χ1n) is 9.81. The van der Waals surface area contributed by atoms with Crippen molar-refractivity contribution in [2.75, 3.05) is 18.9 Å². The minimum Gasteiger partial charge on any atom is -0.338 e. The Balaban J connectivity index is 1.58. The number of likely N-dealkylation sites (N-methyl/N-ethyl adjacent to an activating group) is 1. The van der Waals surface area contributed by atoms with Crippen molar-refractivity contribution in [3.8, 4) is 11.4 Å². The molecule has 0 unspecified atom stereocenters. The number of rotatable bonds is 7. The predicted molar refractivity (Wildman–Crippen MR) is 115 cm³/mol. The van der Waals surface area contributed by atoms with Crippen LogP contribution < -0.4 is 5.32 Å². The fourth-order valence-corrected chi connectivity index (χ4v) is 3.18. The highest BCUT2D eigenvalue weighted by molar-refractivity contribution is 5.93. The molecule has 3 rings (SSSR count). The average molecular weight is 393 g/mol. The van der Waals surface area contributed by atoms with Gasteiger partial charge in [0.2, 0.25) is 17.6 Å². The zero-order valence-corrected chi connectivity index (χ0v) is 17.7. The van der Waals surface area contributed by atoms with E-state index in [1.807, 2.05) is 56.1 Å². The number of aryl methyl sites for hydroxylation is 2. The average Bonchev–Trinajstić information content (AvgIpc) is 3.13.